The molecule has 33 heavy (non-hydrogen) atoms. The molecule has 10 heteroatoms. The number of hydrogen-bond donors (Lipinski definition) is 1. The highest BCUT2D eigenvalue weighted by Gasteiger charge is 2.34. The first kappa shape index (κ1) is 20.3. The minimum absolute atomic E-state index is 0.246. The first-order valence-electron chi connectivity index (χ1n) is 10.9. The number of H-pyrrole nitrogens is 1. The van der Waals surface area contributed by atoms with Gasteiger partial charge in [0.2, 0.25) is 11.9 Å². The molecule has 0 saturated carbocycles. The molecule has 5 heterocycles. The second-order valence-electron chi connectivity index (χ2n) is 8.17. The molecule has 0 amide bonds. The highest BCUT2D eigenvalue weighted by atomic mass is 35.5. The number of nitrogens with zero attached hydrogens (tertiary/aromatic N) is 6. The van der Waals surface area contributed by atoms with Gasteiger partial charge in [-0.25, -0.2) is 24.3 Å². The van der Waals surface area contributed by atoms with E-state index < -0.39 is 5.82 Å². The molecule has 6 rings (SSSR count). The second-order valence-corrected chi connectivity index (χ2v) is 8.61. The molecule has 1 aromatic carbocycles. The van der Waals surface area contributed by atoms with E-state index >= 15 is 0 Å². The molecule has 4 aromatic rings. The Kier molecular flexibility index (Phi) is 5.07. The largest absolute Gasteiger partial charge is 0.378 e. The first-order valence-corrected chi connectivity index (χ1v) is 11.2. The molecule has 0 aliphatic carbocycles. The summed E-state index contributed by atoms with van der Waals surface area (Å²) < 4.78 is 18.9. The average molecular weight is 466 g/mol. The van der Waals surface area contributed by atoms with E-state index in [-0.39, 0.29) is 6.04 Å². The van der Waals surface area contributed by atoms with Gasteiger partial charge in [0.05, 0.1) is 25.6 Å². The molecule has 8 nitrogen and oxygen atoms in total. The molecule has 168 valence electrons. The Morgan fingerprint density at radius 1 is 0.970 bits per heavy atom. The number of rotatable bonds is 3. The van der Waals surface area contributed by atoms with Crippen molar-refractivity contribution in [2.75, 3.05) is 42.6 Å². The number of ether oxygens (including phenoxy) is 1. The number of hydrogen-bond acceptors (Lipinski definition) is 7. The van der Waals surface area contributed by atoms with Gasteiger partial charge in [-0.05, 0) is 30.2 Å². The molecule has 2 aliphatic rings. The van der Waals surface area contributed by atoms with Gasteiger partial charge >= 0.3 is 0 Å². The maximum Gasteiger partial charge on any atom is 0.226 e. The fourth-order valence-electron chi connectivity index (χ4n) is 4.68. The van der Waals surface area contributed by atoms with Crippen molar-refractivity contribution in [1.29, 1.82) is 0 Å². The van der Waals surface area contributed by atoms with Crippen LogP contribution in [0.2, 0.25) is 5.02 Å². The molecular weight excluding hydrogens is 445 g/mol. The van der Waals surface area contributed by atoms with E-state index in [1.165, 1.54) is 18.0 Å². The number of nitrogens with one attached hydrogen (secondary N) is 1. The van der Waals surface area contributed by atoms with E-state index in [4.69, 9.17) is 16.3 Å². The number of benzene rings is 1. The van der Waals surface area contributed by atoms with Crippen LogP contribution in [0, 0.1) is 5.82 Å². The Bertz CT molecular complexity index is 1290. The first-order chi connectivity index (χ1) is 16.2. The lowest BCUT2D eigenvalue weighted by Gasteiger charge is -2.36. The number of fused-ring (bicyclic) bond motifs is 3. The molecule has 1 unspecified atom stereocenters. The number of aromatic nitrogens is 5. The van der Waals surface area contributed by atoms with Crippen LogP contribution >= 0.6 is 11.6 Å². The summed E-state index contributed by atoms with van der Waals surface area (Å²) >= 11 is 6.29. The Hall–Kier alpha value is -3.30. The van der Waals surface area contributed by atoms with E-state index in [2.05, 4.69) is 34.7 Å². The van der Waals surface area contributed by atoms with E-state index in [1.807, 2.05) is 30.6 Å². The molecular formula is C23H21ClFN7O. The number of halogens is 2. The smallest absolute Gasteiger partial charge is 0.226 e. The molecule has 1 N–H and O–H groups in total. The zero-order chi connectivity index (χ0) is 22.4. The highest BCUT2D eigenvalue weighted by molar-refractivity contribution is 6.31. The van der Waals surface area contributed by atoms with Gasteiger partial charge in [0.25, 0.3) is 0 Å². The third-order valence-corrected chi connectivity index (χ3v) is 6.46. The quantitative estimate of drug-likeness (QED) is 0.495. The molecule has 1 atom stereocenters. The summed E-state index contributed by atoms with van der Waals surface area (Å²) in [5.41, 5.74) is 4.14. The van der Waals surface area contributed by atoms with Gasteiger partial charge in [-0.15, -0.1) is 0 Å². The zero-order valence-electron chi connectivity index (χ0n) is 17.7. The molecule has 2 aliphatic heterocycles. The SMILES string of the molecule is Fc1cnc(N2CCc3c([nH]c4ccc(Cl)cc34)C2c2cnc(N3CCOCC3)nc2)nc1. The summed E-state index contributed by atoms with van der Waals surface area (Å²) in [5.74, 6) is 0.679. The lowest BCUT2D eigenvalue weighted by atomic mass is 9.94. The summed E-state index contributed by atoms with van der Waals surface area (Å²) in [6.07, 6.45) is 6.87. The van der Waals surface area contributed by atoms with Gasteiger partial charge in [-0.1, -0.05) is 11.6 Å². The molecule has 1 fully saturated rings. The Morgan fingerprint density at radius 2 is 1.70 bits per heavy atom. The third-order valence-electron chi connectivity index (χ3n) is 6.22. The third kappa shape index (κ3) is 3.67. The lowest BCUT2D eigenvalue weighted by molar-refractivity contribution is 0.122. The van der Waals surface area contributed by atoms with Crippen molar-refractivity contribution in [3.05, 3.63) is 70.6 Å². The van der Waals surface area contributed by atoms with Crippen molar-refractivity contribution in [2.24, 2.45) is 0 Å². The van der Waals surface area contributed by atoms with Crippen LogP contribution in [0.25, 0.3) is 10.9 Å². The predicted octanol–water partition coefficient (Wildman–Crippen LogP) is 3.53. The summed E-state index contributed by atoms with van der Waals surface area (Å²) in [4.78, 5) is 25.6. The van der Waals surface area contributed by atoms with Crippen molar-refractivity contribution in [1.82, 2.24) is 24.9 Å². The highest BCUT2D eigenvalue weighted by Crippen LogP contribution is 2.40. The maximum absolute atomic E-state index is 13.5. The van der Waals surface area contributed by atoms with Crippen LogP contribution in [0.4, 0.5) is 16.3 Å². The van der Waals surface area contributed by atoms with Crippen molar-refractivity contribution in [2.45, 2.75) is 12.5 Å². The topological polar surface area (TPSA) is 83.1 Å². The van der Waals surface area contributed by atoms with Crippen LogP contribution in [0.1, 0.15) is 22.9 Å². The zero-order valence-corrected chi connectivity index (χ0v) is 18.5. The van der Waals surface area contributed by atoms with E-state index in [0.717, 1.165) is 41.7 Å². The van der Waals surface area contributed by atoms with Crippen LogP contribution in [0.15, 0.2) is 43.0 Å². The van der Waals surface area contributed by atoms with Gasteiger partial charge in [0.1, 0.15) is 6.04 Å². The van der Waals surface area contributed by atoms with Crippen LogP contribution in [-0.4, -0.2) is 57.8 Å². The summed E-state index contributed by atoms with van der Waals surface area (Å²) in [6.45, 7) is 3.54. The fraction of sp³-hybridized carbons (Fsp3) is 0.304. The summed E-state index contributed by atoms with van der Waals surface area (Å²) in [5, 5.41) is 1.80. The molecule has 1 saturated heterocycles. The van der Waals surface area contributed by atoms with Crippen LogP contribution in [-0.2, 0) is 11.2 Å². The van der Waals surface area contributed by atoms with Crippen LogP contribution < -0.4 is 9.80 Å². The van der Waals surface area contributed by atoms with Gasteiger partial charge < -0.3 is 19.5 Å². The van der Waals surface area contributed by atoms with Crippen molar-refractivity contribution in [3.8, 4) is 0 Å². The monoisotopic (exact) mass is 465 g/mol. The normalized spacial score (nSPS) is 18.5. The Balaban J connectivity index is 1.45. The number of morpholine rings is 1. The van der Waals surface area contributed by atoms with Crippen LogP contribution in [0.3, 0.4) is 0 Å². The average Bonchev–Trinajstić information content (AvgIpc) is 3.22. The van der Waals surface area contributed by atoms with E-state index in [9.17, 15) is 4.39 Å². The molecule has 0 bridgehead atoms. The van der Waals surface area contributed by atoms with Gasteiger partial charge in [0, 0.05) is 59.2 Å². The summed E-state index contributed by atoms with van der Waals surface area (Å²) in [6, 6.07) is 5.61. The predicted molar refractivity (Wildman–Crippen MR) is 123 cm³/mol. The molecule has 0 spiro atoms. The second kappa shape index (κ2) is 8.24. The molecule has 0 radical (unpaired) electrons. The minimum Gasteiger partial charge on any atom is -0.378 e. The van der Waals surface area contributed by atoms with Gasteiger partial charge in [-0.3, -0.25) is 0 Å². The van der Waals surface area contributed by atoms with E-state index in [1.54, 1.807) is 0 Å². The van der Waals surface area contributed by atoms with Crippen molar-refractivity contribution in [3.63, 3.8) is 0 Å². The number of aromatic amines is 1. The van der Waals surface area contributed by atoms with Crippen molar-refractivity contribution < 1.29 is 9.13 Å². The fourth-order valence-corrected chi connectivity index (χ4v) is 4.85. The van der Waals surface area contributed by atoms with Gasteiger partial charge in [-0.2, -0.15) is 0 Å². The van der Waals surface area contributed by atoms with Crippen LogP contribution in [0.5, 0.6) is 0 Å². The number of anilines is 2. The van der Waals surface area contributed by atoms with E-state index in [0.29, 0.717) is 36.7 Å². The molecule has 3 aromatic heterocycles. The maximum atomic E-state index is 13.5. The van der Waals surface area contributed by atoms with Gasteiger partial charge in [0.15, 0.2) is 5.82 Å². The summed E-state index contributed by atoms with van der Waals surface area (Å²) in [7, 11) is 0. The Morgan fingerprint density at radius 3 is 2.45 bits per heavy atom. The lowest BCUT2D eigenvalue weighted by Crippen LogP contribution is -2.38. The Labute approximate surface area is 194 Å². The van der Waals surface area contributed by atoms with Crippen molar-refractivity contribution >= 4 is 34.4 Å². The minimum atomic E-state index is -0.466. The standard InChI is InChI=1S/C23H21ClFN7O/c24-15-1-2-19-18(9-15)17-3-4-32(23-28-12-16(25)13-29-23)21(20(17)30-19)14-10-26-22(27-11-14)31-5-7-33-8-6-31/h1-2,9-13,21,30H,3-8H2.